The Morgan fingerprint density at radius 3 is 1.97 bits per heavy atom. The molecule has 0 N–H and O–H groups in total. The fourth-order valence-electron chi connectivity index (χ4n) is 4.43. The number of aromatic nitrogens is 1. The molecular formula is C29H26NO2PS. The summed E-state index contributed by atoms with van der Waals surface area (Å²) < 4.78 is 22.5. The Bertz CT molecular complexity index is 1440. The Morgan fingerprint density at radius 2 is 1.35 bits per heavy atom. The van der Waals surface area contributed by atoms with Crippen molar-refractivity contribution in [2.75, 3.05) is 7.11 Å². The summed E-state index contributed by atoms with van der Waals surface area (Å²) >= 11 is 0. The number of aryl methyl sites for hydroxylation is 2. The highest BCUT2D eigenvalue weighted by atomic mass is 32.2. The lowest BCUT2D eigenvalue weighted by Gasteiger charge is -2.25. The van der Waals surface area contributed by atoms with Crippen LogP contribution in [0.2, 0.25) is 0 Å². The molecule has 0 fully saturated rings. The van der Waals surface area contributed by atoms with Crippen molar-refractivity contribution in [1.82, 2.24) is 4.34 Å². The first-order chi connectivity index (χ1) is 16.6. The third kappa shape index (κ3) is 3.98. The minimum atomic E-state index is -1.45. The van der Waals surface area contributed by atoms with Gasteiger partial charge in [0.2, 0.25) is 0 Å². The van der Waals surface area contributed by atoms with Gasteiger partial charge in [-0.3, -0.25) is 0 Å². The van der Waals surface area contributed by atoms with Gasteiger partial charge in [-0.2, -0.15) is 0 Å². The van der Waals surface area contributed by atoms with E-state index in [9.17, 15) is 4.21 Å². The monoisotopic (exact) mass is 483 g/mol. The number of fused-ring (bicyclic) bond motifs is 1. The van der Waals surface area contributed by atoms with E-state index in [1.54, 1.807) is 7.11 Å². The summed E-state index contributed by atoms with van der Waals surface area (Å²) in [6, 6.07) is 35.2. The summed E-state index contributed by atoms with van der Waals surface area (Å²) in [7, 11) is -0.771. The zero-order valence-corrected chi connectivity index (χ0v) is 21.1. The van der Waals surface area contributed by atoms with E-state index in [2.05, 4.69) is 72.8 Å². The lowest BCUT2D eigenvalue weighted by atomic mass is 10.1. The highest BCUT2D eigenvalue weighted by Crippen LogP contribution is 2.44. The molecule has 0 aliphatic carbocycles. The number of ether oxygens (including phenoxy) is 1. The normalized spacial score (nSPS) is 12.2. The highest BCUT2D eigenvalue weighted by Gasteiger charge is 2.28. The Balaban J connectivity index is 1.78. The van der Waals surface area contributed by atoms with Gasteiger partial charge in [0.15, 0.2) is 0 Å². The maximum absolute atomic E-state index is 14.5. The predicted molar refractivity (Wildman–Crippen MR) is 144 cm³/mol. The minimum Gasteiger partial charge on any atom is -0.495 e. The molecule has 1 aromatic heterocycles. The summed E-state index contributed by atoms with van der Waals surface area (Å²) in [5, 5.41) is 5.25. The van der Waals surface area contributed by atoms with Gasteiger partial charge in [0.1, 0.15) is 21.6 Å². The molecule has 0 saturated heterocycles. The molecule has 0 radical (unpaired) electrons. The van der Waals surface area contributed by atoms with Crippen molar-refractivity contribution >= 4 is 40.3 Å². The minimum absolute atomic E-state index is 0.644. The van der Waals surface area contributed by atoms with Crippen molar-refractivity contribution in [2.24, 2.45) is 0 Å². The third-order valence-corrected chi connectivity index (χ3v) is 10.2. The van der Waals surface area contributed by atoms with Crippen LogP contribution in [0.4, 0.5) is 0 Å². The number of hydrogen-bond donors (Lipinski definition) is 0. The molecule has 4 aromatic carbocycles. The molecular weight excluding hydrogens is 457 g/mol. The number of benzene rings is 4. The van der Waals surface area contributed by atoms with Crippen LogP contribution in [-0.2, 0) is 10.8 Å². The second-order valence-corrected chi connectivity index (χ2v) is 11.5. The smallest absolute Gasteiger partial charge is 0.136 e. The summed E-state index contributed by atoms with van der Waals surface area (Å²) in [6.07, 6.45) is 0. The van der Waals surface area contributed by atoms with Gasteiger partial charge in [-0.15, -0.1) is 0 Å². The summed E-state index contributed by atoms with van der Waals surface area (Å²) in [5.74, 6) is 0.644. The maximum atomic E-state index is 14.5. The number of methoxy groups -OCH3 is 1. The van der Waals surface area contributed by atoms with E-state index in [-0.39, 0.29) is 0 Å². The van der Waals surface area contributed by atoms with Crippen molar-refractivity contribution in [1.29, 1.82) is 0 Å². The fraction of sp³-hybridized carbons (Fsp3) is 0.103. The molecule has 5 heteroatoms. The second-order valence-electron chi connectivity index (χ2n) is 8.16. The van der Waals surface area contributed by atoms with E-state index in [0.29, 0.717) is 5.75 Å². The Kier molecular flexibility index (Phi) is 6.36. The average molecular weight is 484 g/mol. The molecule has 1 heterocycles. The number of rotatable bonds is 6. The van der Waals surface area contributed by atoms with Gasteiger partial charge in [0.05, 0.1) is 20.1 Å². The van der Waals surface area contributed by atoms with E-state index in [4.69, 9.17) is 4.74 Å². The molecule has 0 unspecified atom stereocenters. The predicted octanol–water partition coefficient (Wildman–Crippen LogP) is 6.33. The molecule has 0 spiro atoms. The van der Waals surface area contributed by atoms with Gasteiger partial charge in [-0.1, -0.05) is 91.0 Å². The van der Waals surface area contributed by atoms with Crippen molar-refractivity contribution in [3.63, 3.8) is 0 Å². The first-order valence-corrected chi connectivity index (χ1v) is 13.6. The first-order valence-electron chi connectivity index (χ1n) is 11.2. The topological polar surface area (TPSA) is 31.2 Å². The summed E-state index contributed by atoms with van der Waals surface area (Å²) in [4.78, 5) is 0.721. The quantitative estimate of drug-likeness (QED) is 0.264. The standard InChI is InChI=1S/C29H26NO2PS/c1-21-20-22(2)30(33(24-13-6-4-7-14-24)25-15-8-5-9-16-25)29(21)34(31)28-26-17-11-10-12-23(26)18-19-27(28)32-3/h4-20H,1-3H3/t34-/m1/s1. The van der Waals surface area contributed by atoms with Crippen LogP contribution in [-0.4, -0.2) is 15.7 Å². The molecule has 0 bridgehead atoms. The average Bonchev–Trinajstić information content (AvgIpc) is 3.17. The Morgan fingerprint density at radius 1 is 0.765 bits per heavy atom. The SMILES string of the molecule is COc1ccc2ccccc2c1[S@@](=O)c1c(C)cc(C)n1P(c1ccccc1)c1ccccc1. The lowest BCUT2D eigenvalue weighted by Crippen LogP contribution is -2.20. The lowest BCUT2D eigenvalue weighted by molar-refractivity contribution is 0.405. The van der Waals surface area contributed by atoms with Crippen LogP contribution < -0.4 is 15.3 Å². The van der Waals surface area contributed by atoms with E-state index in [1.807, 2.05) is 48.5 Å². The zero-order chi connectivity index (χ0) is 23.7. The van der Waals surface area contributed by atoms with Gasteiger partial charge in [0, 0.05) is 21.7 Å². The molecule has 0 aliphatic rings. The van der Waals surface area contributed by atoms with Crippen LogP contribution in [0.5, 0.6) is 5.75 Å². The van der Waals surface area contributed by atoms with E-state index in [0.717, 1.165) is 32.0 Å². The second kappa shape index (κ2) is 9.58. The highest BCUT2D eigenvalue weighted by molar-refractivity contribution is 7.86. The van der Waals surface area contributed by atoms with Crippen LogP contribution in [0.1, 0.15) is 11.3 Å². The van der Waals surface area contributed by atoms with Gasteiger partial charge >= 0.3 is 0 Å². The summed E-state index contributed by atoms with van der Waals surface area (Å²) in [5.41, 5.74) is 2.11. The Hall–Kier alpha value is -3.20. The van der Waals surface area contributed by atoms with Gasteiger partial charge in [-0.05, 0) is 36.9 Å². The third-order valence-electron chi connectivity index (χ3n) is 5.92. The van der Waals surface area contributed by atoms with Crippen molar-refractivity contribution in [2.45, 2.75) is 23.8 Å². The van der Waals surface area contributed by atoms with Crippen LogP contribution in [0.15, 0.2) is 113 Å². The van der Waals surface area contributed by atoms with Crippen LogP contribution in [0.25, 0.3) is 10.8 Å². The fourth-order valence-corrected chi connectivity index (χ4v) is 8.84. The van der Waals surface area contributed by atoms with E-state index >= 15 is 0 Å². The molecule has 5 rings (SSSR count). The van der Waals surface area contributed by atoms with E-state index in [1.165, 1.54) is 10.6 Å². The van der Waals surface area contributed by atoms with Crippen molar-refractivity contribution in [3.8, 4) is 5.75 Å². The molecule has 3 nitrogen and oxygen atoms in total. The van der Waals surface area contributed by atoms with Gasteiger partial charge in [0.25, 0.3) is 0 Å². The molecule has 170 valence electrons. The molecule has 1 atom stereocenters. The first kappa shape index (κ1) is 22.6. The molecule has 0 aliphatic heterocycles. The Labute approximate surface area is 204 Å². The molecule has 0 saturated carbocycles. The number of nitrogens with zero attached hydrogens (tertiary/aromatic N) is 1. The zero-order valence-electron chi connectivity index (χ0n) is 19.4. The molecule has 5 aromatic rings. The van der Waals surface area contributed by atoms with Crippen LogP contribution in [0, 0.1) is 13.8 Å². The van der Waals surface area contributed by atoms with Crippen LogP contribution >= 0.6 is 8.07 Å². The van der Waals surface area contributed by atoms with Crippen molar-refractivity contribution < 1.29 is 8.95 Å². The van der Waals surface area contributed by atoms with E-state index < -0.39 is 18.9 Å². The summed E-state index contributed by atoms with van der Waals surface area (Å²) in [6.45, 7) is 4.16. The van der Waals surface area contributed by atoms with Gasteiger partial charge < -0.3 is 9.07 Å². The van der Waals surface area contributed by atoms with Crippen LogP contribution in [0.3, 0.4) is 0 Å². The number of hydrogen-bond acceptors (Lipinski definition) is 2. The largest absolute Gasteiger partial charge is 0.495 e. The van der Waals surface area contributed by atoms with Crippen molar-refractivity contribution in [3.05, 3.63) is 114 Å². The van der Waals surface area contributed by atoms with Gasteiger partial charge in [-0.25, -0.2) is 4.21 Å². The molecule has 34 heavy (non-hydrogen) atoms. The molecule has 0 amide bonds. The maximum Gasteiger partial charge on any atom is 0.136 e.